The first-order chi connectivity index (χ1) is 8.93. The number of aryl methyl sites for hydroxylation is 1. The molecule has 0 fully saturated rings. The van der Waals surface area contributed by atoms with Crippen LogP contribution in [0.15, 0.2) is 21.4 Å². The molecule has 0 saturated carbocycles. The van der Waals surface area contributed by atoms with E-state index in [0.717, 1.165) is 0 Å². The summed E-state index contributed by atoms with van der Waals surface area (Å²) >= 11 is 5.19. The predicted molar refractivity (Wildman–Crippen MR) is 83.7 cm³/mol. The number of benzene rings is 1. The average Bonchev–Trinajstić information content (AvgIpc) is 2.38. The van der Waals surface area contributed by atoms with Gasteiger partial charge in [-0.05, 0) is 57.6 Å². The molecule has 0 radical (unpaired) electrons. The van der Waals surface area contributed by atoms with Crippen molar-refractivity contribution in [1.82, 2.24) is 9.97 Å². The summed E-state index contributed by atoms with van der Waals surface area (Å²) in [5.41, 5.74) is 1.12. The minimum atomic E-state index is -0.189. The van der Waals surface area contributed by atoms with E-state index in [1.807, 2.05) is 22.6 Å². The van der Waals surface area contributed by atoms with Crippen molar-refractivity contribution in [3.63, 3.8) is 0 Å². The molecule has 0 spiro atoms. The van der Waals surface area contributed by atoms with E-state index in [2.05, 4.69) is 25.9 Å². The van der Waals surface area contributed by atoms with Crippen molar-refractivity contribution < 1.29 is 9.84 Å². The second kappa shape index (κ2) is 5.49. The van der Waals surface area contributed by atoms with Gasteiger partial charge in [0.25, 0.3) is 5.56 Å². The molecule has 1 heterocycles. The van der Waals surface area contributed by atoms with Gasteiger partial charge in [0.2, 0.25) is 0 Å². The molecular formula is C12H10BrIN2O3. The smallest absolute Gasteiger partial charge is 0.264 e. The Morgan fingerprint density at radius 1 is 1.47 bits per heavy atom. The van der Waals surface area contributed by atoms with Crippen LogP contribution in [0.5, 0.6) is 11.5 Å². The van der Waals surface area contributed by atoms with Crippen LogP contribution < -0.4 is 10.3 Å². The Morgan fingerprint density at radius 2 is 2.16 bits per heavy atom. The lowest BCUT2D eigenvalue weighted by atomic mass is 10.2. The molecule has 2 N–H and O–H groups in total. The van der Waals surface area contributed by atoms with E-state index in [-0.39, 0.29) is 11.3 Å². The number of ether oxygens (including phenoxy) is 1. The molecular weight excluding hydrogens is 427 g/mol. The molecule has 2 aromatic rings. The van der Waals surface area contributed by atoms with Crippen molar-refractivity contribution in [3.8, 4) is 22.9 Å². The second-order valence-corrected chi connectivity index (χ2v) is 5.76. The molecule has 1 aromatic heterocycles. The Bertz CT molecular complexity index is 700. The Hall–Kier alpha value is -1.09. The number of H-pyrrole nitrogens is 1. The average molecular weight is 437 g/mol. The first-order valence-corrected chi connectivity index (χ1v) is 7.14. The van der Waals surface area contributed by atoms with Crippen LogP contribution in [0.25, 0.3) is 11.4 Å². The van der Waals surface area contributed by atoms with Gasteiger partial charge in [0, 0.05) is 5.56 Å². The number of phenols is 1. The van der Waals surface area contributed by atoms with Crippen molar-refractivity contribution in [2.75, 3.05) is 7.11 Å². The number of hydrogen-bond donors (Lipinski definition) is 2. The quantitative estimate of drug-likeness (QED) is 0.710. The first kappa shape index (κ1) is 14.3. The van der Waals surface area contributed by atoms with Gasteiger partial charge in [-0.25, -0.2) is 4.98 Å². The molecule has 1 aromatic carbocycles. The molecule has 0 atom stereocenters. The summed E-state index contributed by atoms with van der Waals surface area (Å²) in [5.74, 6) is 0.751. The summed E-state index contributed by atoms with van der Waals surface area (Å²) in [7, 11) is 1.46. The Kier molecular flexibility index (Phi) is 4.14. The first-order valence-electron chi connectivity index (χ1n) is 5.27. The predicted octanol–water partition coefficient (Wildman–Crippen LogP) is 2.83. The fourth-order valence-corrected chi connectivity index (χ4v) is 2.27. The van der Waals surface area contributed by atoms with Gasteiger partial charge < -0.3 is 14.8 Å². The molecule has 0 bridgehead atoms. The van der Waals surface area contributed by atoms with E-state index in [9.17, 15) is 9.90 Å². The molecule has 0 aliphatic carbocycles. The van der Waals surface area contributed by atoms with Gasteiger partial charge in [0.1, 0.15) is 5.82 Å². The third-order valence-corrected chi connectivity index (χ3v) is 4.43. The number of methoxy groups -OCH3 is 1. The molecule has 5 nitrogen and oxygen atoms in total. The third-order valence-electron chi connectivity index (χ3n) is 2.55. The standard InChI is InChI=1S/C12H10BrIN2O3/c1-5-9(14)12(18)16-11(15-5)6-3-7(13)10(17)8(4-6)19-2/h3-4,17H,1-2H3,(H,15,16,18). The van der Waals surface area contributed by atoms with Crippen molar-refractivity contribution >= 4 is 38.5 Å². The number of nitrogens with zero attached hydrogens (tertiary/aromatic N) is 1. The molecule has 7 heteroatoms. The molecule has 2 rings (SSSR count). The lowest BCUT2D eigenvalue weighted by Gasteiger charge is -2.09. The van der Waals surface area contributed by atoms with Crippen LogP contribution in [-0.4, -0.2) is 22.2 Å². The summed E-state index contributed by atoms with van der Waals surface area (Å²) in [6.45, 7) is 1.77. The third kappa shape index (κ3) is 2.76. The number of aromatic hydroxyl groups is 1. The zero-order chi connectivity index (χ0) is 14.2. The van der Waals surface area contributed by atoms with Crippen LogP contribution in [0.4, 0.5) is 0 Å². The molecule has 0 unspecified atom stereocenters. The van der Waals surface area contributed by atoms with Gasteiger partial charge in [0.05, 0.1) is 20.8 Å². The van der Waals surface area contributed by atoms with Gasteiger partial charge in [-0.15, -0.1) is 0 Å². The molecule has 100 valence electrons. The van der Waals surface area contributed by atoms with Gasteiger partial charge in [0.15, 0.2) is 11.5 Å². The normalized spacial score (nSPS) is 10.5. The fraction of sp³-hybridized carbons (Fsp3) is 0.167. The highest BCUT2D eigenvalue weighted by molar-refractivity contribution is 14.1. The van der Waals surface area contributed by atoms with Crippen molar-refractivity contribution in [1.29, 1.82) is 0 Å². The molecule has 0 aliphatic heterocycles. The number of rotatable bonds is 2. The highest BCUT2D eigenvalue weighted by Gasteiger charge is 2.13. The number of nitrogens with one attached hydrogen (secondary N) is 1. The minimum Gasteiger partial charge on any atom is -0.503 e. The number of hydrogen-bond acceptors (Lipinski definition) is 4. The fourth-order valence-electron chi connectivity index (χ4n) is 1.57. The van der Waals surface area contributed by atoms with Gasteiger partial charge in [-0.1, -0.05) is 0 Å². The summed E-state index contributed by atoms with van der Waals surface area (Å²) in [6, 6.07) is 3.28. The Balaban J connectivity index is 2.66. The van der Waals surface area contributed by atoms with Crippen molar-refractivity contribution in [2.45, 2.75) is 6.92 Å². The van der Waals surface area contributed by atoms with E-state index >= 15 is 0 Å². The van der Waals surface area contributed by atoms with Gasteiger partial charge >= 0.3 is 0 Å². The number of halogens is 2. The molecule has 0 aliphatic rings. The lowest BCUT2D eigenvalue weighted by molar-refractivity contribution is 0.372. The summed E-state index contributed by atoms with van der Waals surface area (Å²) in [4.78, 5) is 18.8. The lowest BCUT2D eigenvalue weighted by Crippen LogP contribution is -2.14. The van der Waals surface area contributed by atoms with Gasteiger partial charge in [-0.3, -0.25) is 4.79 Å². The zero-order valence-corrected chi connectivity index (χ0v) is 13.9. The number of phenolic OH excluding ortho intramolecular Hbond substituents is 1. The van der Waals surface area contributed by atoms with Crippen LogP contribution in [0, 0.1) is 10.5 Å². The highest BCUT2D eigenvalue weighted by atomic mass is 127. The maximum absolute atomic E-state index is 11.7. The zero-order valence-electron chi connectivity index (χ0n) is 10.1. The second-order valence-electron chi connectivity index (χ2n) is 3.82. The largest absolute Gasteiger partial charge is 0.503 e. The van der Waals surface area contributed by atoms with E-state index in [4.69, 9.17) is 4.74 Å². The Morgan fingerprint density at radius 3 is 2.74 bits per heavy atom. The van der Waals surface area contributed by atoms with Gasteiger partial charge in [-0.2, -0.15) is 0 Å². The van der Waals surface area contributed by atoms with Crippen LogP contribution >= 0.6 is 38.5 Å². The van der Waals surface area contributed by atoms with E-state index in [1.165, 1.54) is 7.11 Å². The molecule has 19 heavy (non-hydrogen) atoms. The Labute approximate surface area is 131 Å². The summed E-state index contributed by atoms with van der Waals surface area (Å²) in [6.07, 6.45) is 0. The van der Waals surface area contributed by atoms with E-state index in [0.29, 0.717) is 30.9 Å². The topological polar surface area (TPSA) is 75.2 Å². The van der Waals surface area contributed by atoms with Crippen molar-refractivity contribution in [3.05, 3.63) is 36.2 Å². The summed E-state index contributed by atoms with van der Waals surface area (Å²) < 4.78 is 6.11. The maximum Gasteiger partial charge on any atom is 0.264 e. The van der Waals surface area contributed by atoms with Crippen LogP contribution in [0.1, 0.15) is 5.69 Å². The number of aromatic amines is 1. The highest BCUT2D eigenvalue weighted by Crippen LogP contribution is 2.37. The van der Waals surface area contributed by atoms with E-state index in [1.54, 1.807) is 19.1 Å². The molecule has 0 amide bonds. The van der Waals surface area contributed by atoms with Crippen LogP contribution in [0.3, 0.4) is 0 Å². The summed E-state index contributed by atoms with van der Waals surface area (Å²) in [5, 5.41) is 9.76. The molecule has 0 saturated heterocycles. The van der Waals surface area contributed by atoms with E-state index < -0.39 is 0 Å². The van der Waals surface area contributed by atoms with Crippen LogP contribution in [-0.2, 0) is 0 Å². The SMILES string of the molecule is COc1cc(-c2nc(C)c(I)c(=O)[nH]2)cc(Br)c1O. The van der Waals surface area contributed by atoms with Crippen LogP contribution in [0.2, 0.25) is 0 Å². The monoisotopic (exact) mass is 436 g/mol. The van der Waals surface area contributed by atoms with Crippen molar-refractivity contribution in [2.24, 2.45) is 0 Å². The maximum atomic E-state index is 11.7. The minimum absolute atomic E-state index is 0.0100. The number of aromatic nitrogens is 2.